The maximum Gasteiger partial charge on any atom is 0.129 e. The Balaban J connectivity index is 2.28. The molecule has 2 aromatic rings. The molecule has 3 heteroatoms. The largest absolute Gasteiger partial charge is 0.457 e. The summed E-state index contributed by atoms with van der Waals surface area (Å²) < 4.78 is 5.80. The number of nitrogens with two attached hydrogens (primary N) is 1. The van der Waals surface area contributed by atoms with Crippen LogP contribution in [0.15, 0.2) is 36.4 Å². The van der Waals surface area contributed by atoms with Crippen molar-refractivity contribution in [2.75, 3.05) is 5.73 Å². The number of ether oxygens (including phenoxy) is 1. The number of anilines is 1. The summed E-state index contributed by atoms with van der Waals surface area (Å²) in [7, 11) is 0. The van der Waals surface area contributed by atoms with E-state index in [9.17, 15) is 0 Å². The predicted molar refractivity (Wildman–Crippen MR) is 76.5 cm³/mol. The fraction of sp³-hybridized carbons (Fsp3) is 0.200. The minimum absolute atomic E-state index is 0.703. The zero-order valence-electron chi connectivity index (χ0n) is 10.5. The van der Waals surface area contributed by atoms with E-state index in [1.54, 1.807) is 0 Å². The van der Waals surface area contributed by atoms with Gasteiger partial charge in [-0.15, -0.1) is 0 Å². The average molecular weight is 262 g/mol. The quantitative estimate of drug-likeness (QED) is 0.821. The number of aryl methyl sites for hydroxylation is 2. The maximum atomic E-state index is 6.07. The van der Waals surface area contributed by atoms with E-state index in [1.807, 2.05) is 43.3 Å². The Kier molecular flexibility index (Phi) is 3.78. The Bertz CT molecular complexity index is 546. The fourth-order valence-corrected chi connectivity index (χ4v) is 2.11. The van der Waals surface area contributed by atoms with E-state index in [2.05, 4.69) is 6.92 Å². The maximum absolute atomic E-state index is 6.07. The van der Waals surface area contributed by atoms with Gasteiger partial charge in [0.1, 0.15) is 11.5 Å². The average Bonchev–Trinajstić information content (AvgIpc) is 2.30. The van der Waals surface area contributed by atoms with Gasteiger partial charge in [0, 0.05) is 16.8 Å². The Labute approximate surface area is 112 Å². The van der Waals surface area contributed by atoms with Gasteiger partial charge in [-0.05, 0) is 54.8 Å². The van der Waals surface area contributed by atoms with Crippen molar-refractivity contribution in [1.29, 1.82) is 0 Å². The molecule has 0 saturated heterocycles. The van der Waals surface area contributed by atoms with E-state index in [1.165, 1.54) is 0 Å². The SMILES string of the molecule is CCc1cc(Oc2cc(C)cc(N)c2)ccc1Cl. The van der Waals surface area contributed by atoms with Crippen LogP contribution in [0, 0.1) is 6.92 Å². The van der Waals surface area contributed by atoms with Gasteiger partial charge in [0.05, 0.1) is 0 Å². The molecule has 0 aliphatic heterocycles. The second-order valence-corrected chi connectivity index (χ2v) is 4.70. The highest BCUT2D eigenvalue weighted by molar-refractivity contribution is 6.31. The molecule has 94 valence electrons. The lowest BCUT2D eigenvalue weighted by Crippen LogP contribution is -1.91. The van der Waals surface area contributed by atoms with Crippen LogP contribution in [0.5, 0.6) is 11.5 Å². The molecule has 0 unspecified atom stereocenters. The summed E-state index contributed by atoms with van der Waals surface area (Å²) in [5.41, 5.74) is 8.65. The molecule has 0 aromatic heterocycles. The highest BCUT2D eigenvalue weighted by Crippen LogP contribution is 2.28. The summed E-state index contributed by atoms with van der Waals surface area (Å²) in [6, 6.07) is 11.4. The van der Waals surface area contributed by atoms with Crippen LogP contribution >= 0.6 is 11.6 Å². The van der Waals surface area contributed by atoms with Crippen LogP contribution in [0.3, 0.4) is 0 Å². The topological polar surface area (TPSA) is 35.2 Å². The van der Waals surface area contributed by atoms with Crippen molar-refractivity contribution in [2.24, 2.45) is 0 Å². The van der Waals surface area contributed by atoms with Crippen LogP contribution in [0.2, 0.25) is 5.02 Å². The summed E-state index contributed by atoms with van der Waals surface area (Å²) in [4.78, 5) is 0. The second kappa shape index (κ2) is 5.32. The molecule has 0 heterocycles. The van der Waals surface area contributed by atoms with Crippen LogP contribution in [-0.2, 0) is 6.42 Å². The van der Waals surface area contributed by atoms with E-state index in [0.29, 0.717) is 5.69 Å². The van der Waals surface area contributed by atoms with Crippen molar-refractivity contribution >= 4 is 17.3 Å². The fourth-order valence-electron chi connectivity index (χ4n) is 1.86. The minimum atomic E-state index is 0.703. The van der Waals surface area contributed by atoms with Crippen molar-refractivity contribution < 1.29 is 4.74 Å². The van der Waals surface area contributed by atoms with Crippen molar-refractivity contribution in [3.8, 4) is 11.5 Å². The highest BCUT2D eigenvalue weighted by atomic mass is 35.5. The predicted octanol–water partition coefficient (Wildman–Crippen LogP) is 4.59. The van der Waals surface area contributed by atoms with Gasteiger partial charge in [-0.25, -0.2) is 0 Å². The first-order chi connectivity index (χ1) is 8.58. The summed E-state index contributed by atoms with van der Waals surface area (Å²) >= 11 is 6.07. The van der Waals surface area contributed by atoms with E-state index < -0.39 is 0 Å². The monoisotopic (exact) mass is 261 g/mol. The zero-order chi connectivity index (χ0) is 13.1. The van der Waals surface area contributed by atoms with Crippen molar-refractivity contribution in [3.63, 3.8) is 0 Å². The van der Waals surface area contributed by atoms with E-state index in [-0.39, 0.29) is 0 Å². The van der Waals surface area contributed by atoms with Crippen LogP contribution in [0.4, 0.5) is 5.69 Å². The molecule has 0 spiro atoms. The zero-order valence-corrected chi connectivity index (χ0v) is 11.3. The van der Waals surface area contributed by atoms with Gasteiger partial charge in [-0.3, -0.25) is 0 Å². The van der Waals surface area contributed by atoms with Crippen LogP contribution in [0.25, 0.3) is 0 Å². The number of rotatable bonds is 3. The molecule has 18 heavy (non-hydrogen) atoms. The molecule has 2 nitrogen and oxygen atoms in total. The van der Waals surface area contributed by atoms with Gasteiger partial charge in [-0.1, -0.05) is 18.5 Å². The van der Waals surface area contributed by atoms with Gasteiger partial charge < -0.3 is 10.5 Å². The molecule has 0 fully saturated rings. The van der Waals surface area contributed by atoms with Gasteiger partial charge >= 0.3 is 0 Å². The van der Waals surface area contributed by atoms with Crippen LogP contribution < -0.4 is 10.5 Å². The van der Waals surface area contributed by atoms with Gasteiger partial charge in [-0.2, -0.15) is 0 Å². The molecule has 0 amide bonds. The summed E-state index contributed by atoms with van der Waals surface area (Å²) in [5.74, 6) is 1.53. The van der Waals surface area contributed by atoms with E-state index in [4.69, 9.17) is 22.1 Å². The van der Waals surface area contributed by atoms with Crippen molar-refractivity contribution in [3.05, 3.63) is 52.5 Å². The van der Waals surface area contributed by atoms with Crippen molar-refractivity contribution in [1.82, 2.24) is 0 Å². The first kappa shape index (κ1) is 12.8. The smallest absolute Gasteiger partial charge is 0.129 e. The molecule has 0 atom stereocenters. The Morgan fingerprint density at radius 3 is 2.56 bits per heavy atom. The highest BCUT2D eigenvalue weighted by Gasteiger charge is 2.03. The third kappa shape index (κ3) is 2.96. The molecule has 2 aromatic carbocycles. The molecule has 0 aliphatic rings. The second-order valence-electron chi connectivity index (χ2n) is 4.29. The lowest BCUT2D eigenvalue weighted by molar-refractivity contribution is 0.482. The van der Waals surface area contributed by atoms with Gasteiger partial charge in [0.2, 0.25) is 0 Å². The summed E-state index contributed by atoms with van der Waals surface area (Å²) in [6.45, 7) is 4.05. The first-order valence-electron chi connectivity index (χ1n) is 5.92. The lowest BCUT2D eigenvalue weighted by atomic mass is 10.1. The number of hydrogen-bond acceptors (Lipinski definition) is 2. The molecule has 0 radical (unpaired) electrons. The Morgan fingerprint density at radius 2 is 1.89 bits per heavy atom. The Hall–Kier alpha value is -1.67. The molecule has 0 saturated carbocycles. The van der Waals surface area contributed by atoms with Crippen LogP contribution in [0.1, 0.15) is 18.1 Å². The summed E-state index contributed by atoms with van der Waals surface area (Å²) in [5, 5.41) is 0.772. The minimum Gasteiger partial charge on any atom is -0.457 e. The molecule has 2 N–H and O–H groups in total. The third-order valence-corrected chi connectivity index (χ3v) is 3.08. The van der Waals surface area contributed by atoms with Crippen molar-refractivity contribution in [2.45, 2.75) is 20.3 Å². The molecule has 0 bridgehead atoms. The number of hydrogen-bond donors (Lipinski definition) is 1. The Morgan fingerprint density at radius 1 is 1.11 bits per heavy atom. The van der Waals surface area contributed by atoms with Gasteiger partial charge in [0.25, 0.3) is 0 Å². The number of halogens is 1. The molecule has 2 rings (SSSR count). The molecule has 0 aliphatic carbocycles. The first-order valence-corrected chi connectivity index (χ1v) is 6.29. The third-order valence-electron chi connectivity index (χ3n) is 2.71. The normalized spacial score (nSPS) is 10.4. The summed E-state index contributed by atoms with van der Waals surface area (Å²) in [6.07, 6.45) is 0.881. The van der Waals surface area contributed by atoms with Gasteiger partial charge in [0.15, 0.2) is 0 Å². The molecular formula is C15H16ClNO. The van der Waals surface area contributed by atoms with E-state index >= 15 is 0 Å². The molecular weight excluding hydrogens is 246 g/mol. The number of benzene rings is 2. The lowest BCUT2D eigenvalue weighted by Gasteiger charge is -2.09. The van der Waals surface area contributed by atoms with Crippen LogP contribution in [-0.4, -0.2) is 0 Å². The standard InChI is InChI=1S/C15H16ClNO/c1-3-11-8-13(4-5-15(11)16)18-14-7-10(2)6-12(17)9-14/h4-9H,3,17H2,1-2H3. The number of nitrogen functional groups attached to an aromatic ring is 1. The van der Waals surface area contributed by atoms with E-state index in [0.717, 1.165) is 34.1 Å².